The van der Waals surface area contributed by atoms with E-state index in [0.717, 1.165) is 32.6 Å². The summed E-state index contributed by atoms with van der Waals surface area (Å²) in [5.74, 6) is 1.45. The minimum Gasteiger partial charge on any atom is -0.341 e. The van der Waals surface area contributed by atoms with E-state index in [9.17, 15) is 9.59 Å². The fourth-order valence-electron chi connectivity index (χ4n) is 3.42. The Morgan fingerprint density at radius 2 is 1.86 bits per heavy atom. The number of nitrogens with zero attached hydrogens (tertiary/aromatic N) is 2. The number of carbonyl (C=O) groups excluding carboxylic acids is 2. The van der Waals surface area contributed by atoms with E-state index < -0.39 is 0 Å². The van der Waals surface area contributed by atoms with Gasteiger partial charge >= 0.3 is 0 Å². The molecule has 120 valence electrons. The molecular weight excluding hydrogens is 266 g/mol. The molecule has 0 spiro atoms. The third kappa shape index (κ3) is 4.70. The Balaban J connectivity index is 1.80. The SMILES string of the molecule is CC(=O)N1CCCN(C(=O)CC(C)C2CCCNC2)CC1. The molecule has 5 heteroatoms. The molecule has 1 N–H and O–H groups in total. The monoisotopic (exact) mass is 295 g/mol. The molecule has 0 saturated carbocycles. The smallest absolute Gasteiger partial charge is 0.222 e. The van der Waals surface area contributed by atoms with E-state index in [1.807, 2.05) is 9.80 Å². The summed E-state index contributed by atoms with van der Waals surface area (Å²) in [5.41, 5.74) is 0. The molecule has 0 aliphatic carbocycles. The third-order valence-electron chi connectivity index (χ3n) is 4.93. The van der Waals surface area contributed by atoms with Gasteiger partial charge in [-0.05, 0) is 44.2 Å². The molecule has 0 aromatic heterocycles. The Bertz CT molecular complexity index is 367. The van der Waals surface area contributed by atoms with Crippen molar-refractivity contribution in [2.45, 2.75) is 39.5 Å². The molecule has 21 heavy (non-hydrogen) atoms. The van der Waals surface area contributed by atoms with Crippen LogP contribution in [0.5, 0.6) is 0 Å². The summed E-state index contributed by atoms with van der Waals surface area (Å²) in [6.07, 6.45) is 4.00. The van der Waals surface area contributed by atoms with E-state index in [1.165, 1.54) is 12.8 Å². The van der Waals surface area contributed by atoms with Gasteiger partial charge in [0, 0.05) is 39.5 Å². The van der Waals surface area contributed by atoms with E-state index >= 15 is 0 Å². The molecule has 5 nitrogen and oxygen atoms in total. The van der Waals surface area contributed by atoms with Crippen LogP contribution in [0.4, 0.5) is 0 Å². The first-order chi connectivity index (χ1) is 10.1. The number of rotatable bonds is 3. The molecule has 2 rings (SSSR count). The Morgan fingerprint density at radius 1 is 1.14 bits per heavy atom. The minimum atomic E-state index is 0.117. The Kier molecular flexibility index (Phi) is 6.03. The molecule has 0 bridgehead atoms. The van der Waals surface area contributed by atoms with Gasteiger partial charge in [0.05, 0.1) is 0 Å². The van der Waals surface area contributed by atoms with Crippen molar-refractivity contribution in [1.29, 1.82) is 0 Å². The van der Waals surface area contributed by atoms with E-state index in [4.69, 9.17) is 0 Å². The highest BCUT2D eigenvalue weighted by Gasteiger charge is 2.25. The summed E-state index contributed by atoms with van der Waals surface area (Å²) >= 11 is 0. The summed E-state index contributed by atoms with van der Waals surface area (Å²) in [5, 5.41) is 3.43. The second kappa shape index (κ2) is 7.78. The number of hydrogen-bond acceptors (Lipinski definition) is 3. The van der Waals surface area contributed by atoms with Crippen molar-refractivity contribution < 1.29 is 9.59 Å². The minimum absolute atomic E-state index is 0.117. The van der Waals surface area contributed by atoms with E-state index in [2.05, 4.69) is 12.2 Å². The lowest BCUT2D eigenvalue weighted by Gasteiger charge is -2.30. The quantitative estimate of drug-likeness (QED) is 0.848. The molecule has 2 fully saturated rings. The first-order valence-electron chi connectivity index (χ1n) is 8.32. The van der Waals surface area contributed by atoms with Crippen LogP contribution in [0.2, 0.25) is 0 Å². The highest BCUT2D eigenvalue weighted by molar-refractivity contribution is 5.77. The predicted octanol–water partition coefficient (Wildman–Crippen LogP) is 1.09. The van der Waals surface area contributed by atoms with Gasteiger partial charge in [-0.1, -0.05) is 6.92 Å². The van der Waals surface area contributed by atoms with Crippen LogP contribution in [0.1, 0.15) is 39.5 Å². The second-order valence-corrected chi connectivity index (χ2v) is 6.53. The number of hydrogen-bond donors (Lipinski definition) is 1. The van der Waals surface area contributed by atoms with Crippen molar-refractivity contribution in [2.75, 3.05) is 39.3 Å². The van der Waals surface area contributed by atoms with Gasteiger partial charge in [0.2, 0.25) is 11.8 Å². The fraction of sp³-hybridized carbons (Fsp3) is 0.875. The van der Waals surface area contributed by atoms with E-state index in [-0.39, 0.29) is 11.8 Å². The molecule has 2 saturated heterocycles. The van der Waals surface area contributed by atoms with Crippen LogP contribution in [0.3, 0.4) is 0 Å². The lowest BCUT2D eigenvalue weighted by molar-refractivity contribution is -0.133. The van der Waals surface area contributed by atoms with Crippen molar-refractivity contribution in [3.8, 4) is 0 Å². The maximum Gasteiger partial charge on any atom is 0.222 e. The van der Waals surface area contributed by atoms with E-state index in [0.29, 0.717) is 31.3 Å². The van der Waals surface area contributed by atoms with Gasteiger partial charge in [-0.25, -0.2) is 0 Å². The van der Waals surface area contributed by atoms with Gasteiger partial charge < -0.3 is 15.1 Å². The van der Waals surface area contributed by atoms with Crippen LogP contribution in [0.15, 0.2) is 0 Å². The average molecular weight is 295 g/mol. The maximum absolute atomic E-state index is 12.5. The molecule has 0 radical (unpaired) electrons. The van der Waals surface area contributed by atoms with Gasteiger partial charge in [0.25, 0.3) is 0 Å². The normalized spacial score (nSPS) is 25.3. The number of piperidine rings is 1. The van der Waals surface area contributed by atoms with Crippen LogP contribution < -0.4 is 5.32 Å². The molecular formula is C16H29N3O2. The Hall–Kier alpha value is -1.10. The van der Waals surface area contributed by atoms with Crippen LogP contribution >= 0.6 is 0 Å². The Labute approximate surface area is 128 Å². The van der Waals surface area contributed by atoms with E-state index in [1.54, 1.807) is 6.92 Å². The summed E-state index contributed by atoms with van der Waals surface area (Å²) < 4.78 is 0. The number of carbonyl (C=O) groups is 2. The highest BCUT2D eigenvalue weighted by atomic mass is 16.2. The molecule has 2 aliphatic heterocycles. The van der Waals surface area contributed by atoms with Crippen molar-refractivity contribution in [3.05, 3.63) is 0 Å². The van der Waals surface area contributed by atoms with Crippen molar-refractivity contribution in [1.82, 2.24) is 15.1 Å². The summed E-state index contributed by atoms with van der Waals surface area (Å²) in [4.78, 5) is 27.7. The first kappa shape index (κ1) is 16.3. The molecule has 2 unspecified atom stereocenters. The topological polar surface area (TPSA) is 52.7 Å². The van der Waals surface area contributed by atoms with Crippen molar-refractivity contribution in [3.63, 3.8) is 0 Å². The van der Waals surface area contributed by atoms with Crippen LogP contribution in [-0.4, -0.2) is 60.9 Å². The zero-order chi connectivity index (χ0) is 15.2. The third-order valence-corrected chi connectivity index (χ3v) is 4.93. The maximum atomic E-state index is 12.5. The molecule has 2 aliphatic rings. The van der Waals surface area contributed by atoms with Crippen LogP contribution in [0, 0.1) is 11.8 Å². The van der Waals surface area contributed by atoms with Gasteiger partial charge in [0.15, 0.2) is 0 Å². The van der Waals surface area contributed by atoms with Crippen molar-refractivity contribution in [2.24, 2.45) is 11.8 Å². The second-order valence-electron chi connectivity index (χ2n) is 6.53. The molecule has 2 heterocycles. The van der Waals surface area contributed by atoms with Gasteiger partial charge in [-0.3, -0.25) is 9.59 Å². The van der Waals surface area contributed by atoms with Gasteiger partial charge in [-0.2, -0.15) is 0 Å². The number of nitrogens with one attached hydrogen (secondary N) is 1. The summed E-state index contributed by atoms with van der Waals surface area (Å²) in [7, 11) is 0. The predicted molar refractivity (Wildman–Crippen MR) is 82.8 cm³/mol. The molecule has 0 aromatic rings. The highest BCUT2D eigenvalue weighted by Crippen LogP contribution is 2.23. The Morgan fingerprint density at radius 3 is 2.52 bits per heavy atom. The zero-order valence-corrected chi connectivity index (χ0v) is 13.4. The number of amides is 2. The standard InChI is InChI=1S/C16H29N3O2/c1-13(15-5-3-6-17-12-15)11-16(21)19-8-4-7-18(9-10-19)14(2)20/h13,15,17H,3-12H2,1-2H3. The largest absolute Gasteiger partial charge is 0.341 e. The molecule has 2 amide bonds. The lowest BCUT2D eigenvalue weighted by atomic mass is 9.85. The lowest BCUT2D eigenvalue weighted by Crippen LogP contribution is -2.39. The zero-order valence-electron chi connectivity index (χ0n) is 13.4. The summed E-state index contributed by atoms with van der Waals surface area (Å²) in [6.45, 7) is 8.91. The molecule has 2 atom stereocenters. The molecule has 0 aromatic carbocycles. The summed E-state index contributed by atoms with van der Waals surface area (Å²) in [6, 6.07) is 0. The van der Waals surface area contributed by atoms with Gasteiger partial charge in [-0.15, -0.1) is 0 Å². The van der Waals surface area contributed by atoms with Crippen LogP contribution in [-0.2, 0) is 9.59 Å². The fourth-order valence-corrected chi connectivity index (χ4v) is 3.42. The van der Waals surface area contributed by atoms with Gasteiger partial charge in [0.1, 0.15) is 0 Å². The average Bonchev–Trinajstić information content (AvgIpc) is 2.74. The van der Waals surface area contributed by atoms with Crippen molar-refractivity contribution >= 4 is 11.8 Å². The first-order valence-corrected chi connectivity index (χ1v) is 8.32. The van der Waals surface area contributed by atoms with Crippen LogP contribution in [0.25, 0.3) is 0 Å².